The van der Waals surface area contributed by atoms with Crippen molar-refractivity contribution in [3.05, 3.63) is 48.3 Å². The summed E-state index contributed by atoms with van der Waals surface area (Å²) in [6.07, 6.45) is 1.82. The van der Waals surface area contributed by atoms with E-state index in [0.717, 1.165) is 11.8 Å². The van der Waals surface area contributed by atoms with Crippen LogP contribution in [0.1, 0.15) is 50.6 Å². The van der Waals surface area contributed by atoms with Crippen LogP contribution in [0, 0.1) is 40.4 Å². The van der Waals surface area contributed by atoms with E-state index in [-0.39, 0.29) is 43.0 Å². The summed E-state index contributed by atoms with van der Waals surface area (Å²) >= 11 is 11.7. The third kappa shape index (κ3) is 4.88. The Morgan fingerprint density at radius 2 is 1.98 bits per heavy atom. The Kier molecular flexibility index (Phi) is 8.97. The molecule has 1 aromatic heterocycles. The fraction of sp³-hybridized carbons (Fsp3) is 0.581. The molecule has 0 aromatic carbocycles. The van der Waals surface area contributed by atoms with Crippen molar-refractivity contribution in [3.63, 3.8) is 0 Å². The SMILES string of the molecule is C[C@@H]1C[C@H]2[C@@H]3C[C@H](F)C4=COC=C[C@]4(C)[C@@]3(F)[C@@H](O)C[C@]2(C)[C@@]1(OC(=O)c1ccco1)C(=O)SCC#CCOC(=O)C(Cl)Cl. The van der Waals surface area contributed by atoms with Crippen LogP contribution in [0.4, 0.5) is 8.78 Å². The molecule has 13 heteroatoms. The standard InChI is InChI=1S/C31H32Cl2F2O8S/c1-17-13-18-19-14-21(34)20-16-40-11-8-28(20,2)30(19,35)23(36)15-29(18,3)31(17,43-25(37)22-7-6-10-41-22)27(39)44-12-5-4-9-42-26(38)24(32)33/h6-8,10-11,16-19,21,23-24,36H,9,12-15H2,1-3H3/t17-,18+,19+,21+,23+,28+,29+,30+,31+/m1/s1. The largest absolute Gasteiger partial charge is 0.473 e. The van der Waals surface area contributed by atoms with Crippen LogP contribution in [0.25, 0.3) is 0 Å². The predicted octanol–water partition coefficient (Wildman–Crippen LogP) is 5.71. The van der Waals surface area contributed by atoms with E-state index in [9.17, 15) is 19.5 Å². The number of carbonyl (C=O) groups is 3. The van der Waals surface area contributed by atoms with Gasteiger partial charge in [-0.2, -0.15) is 0 Å². The monoisotopic (exact) mass is 672 g/mol. The Morgan fingerprint density at radius 3 is 2.66 bits per heavy atom. The molecule has 1 N–H and O–H groups in total. The zero-order chi connectivity index (χ0) is 32.1. The molecule has 44 heavy (non-hydrogen) atoms. The molecule has 0 radical (unpaired) electrons. The van der Waals surface area contributed by atoms with Crippen molar-refractivity contribution in [2.45, 2.75) is 68.4 Å². The highest BCUT2D eigenvalue weighted by Gasteiger charge is 2.78. The predicted molar refractivity (Wildman–Crippen MR) is 158 cm³/mol. The number of esters is 2. The minimum Gasteiger partial charge on any atom is -0.473 e. The van der Waals surface area contributed by atoms with Crippen molar-refractivity contribution in [2.24, 2.45) is 28.6 Å². The van der Waals surface area contributed by atoms with E-state index in [1.807, 2.05) is 0 Å². The van der Waals surface area contributed by atoms with Crippen LogP contribution in [0.5, 0.6) is 0 Å². The van der Waals surface area contributed by atoms with E-state index >= 15 is 8.78 Å². The van der Waals surface area contributed by atoms with Gasteiger partial charge in [0.1, 0.15) is 6.17 Å². The summed E-state index contributed by atoms with van der Waals surface area (Å²) in [4.78, 5) is 37.7. The van der Waals surface area contributed by atoms with Crippen molar-refractivity contribution in [2.75, 3.05) is 12.4 Å². The van der Waals surface area contributed by atoms with E-state index in [1.165, 1.54) is 37.0 Å². The number of alkyl halides is 4. The number of aliphatic hydroxyl groups is 1. The molecule has 3 saturated carbocycles. The van der Waals surface area contributed by atoms with E-state index < -0.39 is 74.0 Å². The lowest BCUT2D eigenvalue weighted by Gasteiger charge is -2.62. The Hall–Kier alpha value is -2.52. The highest BCUT2D eigenvalue weighted by molar-refractivity contribution is 8.14. The lowest BCUT2D eigenvalue weighted by molar-refractivity contribution is -0.222. The summed E-state index contributed by atoms with van der Waals surface area (Å²) in [5.74, 6) is 1.08. The van der Waals surface area contributed by atoms with Gasteiger partial charge in [-0.25, -0.2) is 18.4 Å². The number of hydrogen-bond donors (Lipinski definition) is 1. The number of fused-ring (bicyclic) bond motifs is 5. The van der Waals surface area contributed by atoms with Gasteiger partial charge in [-0.1, -0.05) is 60.7 Å². The summed E-state index contributed by atoms with van der Waals surface area (Å²) < 4.78 is 54.7. The minimum absolute atomic E-state index is 0.0579. The molecule has 1 aromatic rings. The van der Waals surface area contributed by atoms with E-state index in [4.69, 9.17) is 41.8 Å². The van der Waals surface area contributed by atoms with Crippen molar-refractivity contribution in [1.82, 2.24) is 0 Å². The molecule has 2 heterocycles. The Bertz CT molecular complexity index is 1440. The van der Waals surface area contributed by atoms with Gasteiger partial charge in [0.25, 0.3) is 0 Å². The van der Waals surface area contributed by atoms with Crippen LogP contribution in [0.3, 0.4) is 0 Å². The van der Waals surface area contributed by atoms with E-state index in [0.29, 0.717) is 0 Å². The molecule has 0 unspecified atom stereocenters. The van der Waals surface area contributed by atoms with Crippen molar-refractivity contribution in [3.8, 4) is 11.8 Å². The number of allylic oxidation sites excluding steroid dienone is 2. The van der Waals surface area contributed by atoms with Crippen LogP contribution < -0.4 is 0 Å². The lowest BCUT2D eigenvalue weighted by atomic mass is 9.45. The summed E-state index contributed by atoms with van der Waals surface area (Å²) in [5, 5.41) is 11.1. The summed E-state index contributed by atoms with van der Waals surface area (Å²) in [6, 6.07) is 2.90. The molecule has 8 nitrogen and oxygen atoms in total. The first kappa shape index (κ1) is 32.9. The second-order valence-electron chi connectivity index (χ2n) is 12.1. The van der Waals surface area contributed by atoms with Gasteiger partial charge >= 0.3 is 11.9 Å². The molecule has 5 rings (SSSR count). The minimum atomic E-state index is -2.28. The topological polar surface area (TPSA) is 112 Å². The maximum absolute atomic E-state index is 17.6. The third-order valence-corrected chi connectivity index (χ3v) is 11.3. The average molecular weight is 674 g/mol. The average Bonchev–Trinajstić information content (AvgIpc) is 3.59. The maximum Gasteiger partial charge on any atom is 0.375 e. The van der Waals surface area contributed by atoms with Gasteiger partial charge in [-0.05, 0) is 50.3 Å². The van der Waals surface area contributed by atoms with Crippen molar-refractivity contribution < 1.29 is 46.9 Å². The van der Waals surface area contributed by atoms with Crippen LogP contribution in [-0.4, -0.2) is 62.9 Å². The number of thioether (sulfide) groups is 1. The van der Waals surface area contributed by atoms with Gasteiger partial charge in [-0.15, -0.1) is 0 Å². The highest BCUT2D eigenvalue weighted by Crippen LogP contribution is 2.72. The van der Waals surface area contributed by atoms with Crippen LogP contribution in [0.2, 0.25) is 0 Å². The molecule has 0 saturated heterocycles. The number of ether oxygens (including phenoxy) is 3. The molecular formula is C31H32Cl2F2O8S. The quantitative estimate of drug-likeness (QED) is 0.231. The molecule has 3 fully saturated rings. The normalized spacial score (nSPS) is 38.7. The third-order valence-electron chi connectivity index (χ3n) is 10.1. The Labute approximate surface area is 267 Å². The van der Waals surface area contributed by atoms with Gasteiger partial charge < -0.3 is 23.7 Å². The van der Waals surface area contributed by atoms with Crippen LogP contribution in [-0.2, 0) is 23.8 Å². The Morgan fingerprint density at radius 1 is 1.23 bits per heavy atom. The molecule has 0 bridgehead atoms. The first-order valence-electron chi connectivity index (χ1n) is 14.1. The first-order valence-corrected chi connectivity index (χ1v) is 16.0. The fourth-order valence-electron chi connectivity index (χ4n) is 8.08. The summed E-state index contributed by atoms with van der Waals surface area (Å²) in [5.41, 5.74) is -6.79. The fourth-order valence-corrected chi connectivity index (χ4v) is 9.21. The molecule has 3 aliphatic carbocycles. The van der Waals surface area contributed by atoms with Gasteiger partial charge in [0, 0.05) is 22.8 Å². The molecule has 1 aliphatic heterocycles. The molecule has 0 amide bonds. The summed E-state index contributed by atoms with van der Waals surface area (Å²) in [7, 11) is 0. The number of furan rings is 1. The van der Waals surface area contributed by atoms with Crippen molar-refractivity contribution >= 4 is 52.0 Å². The first-order chi connectivity index (χ1) is 20.7. The van der Waals surface area contributed by atoms with Crippen LogP contribution >= 0.6 is 35.0 Å². The van der Waals surface area contributed by atoms with Gasteiger partial charge in [-0.3, -0.25) is 4.79 Å². The maximum atomic E-state index is 17.6. The Balaban J connectivity index is 1.50. The van der Waals surface area contributed by atoms with Gasteiger partial charge in [0.2, 0.25) is 15.7 Å². The second kappa shape index (κ2) is 12.0. The number of aliphatic hydroxyl groups excluding tert-OH is 1. The number of halogens is 4. The zero-order valence-electron chi connectivity index (χ0n) is 24.2. The van der Waals surface area contributed by atoms with Crippen molar-refractivity contribution in [1.29, 1.82) is 0 Å². The number of rotatable bonds is 6. The number of carbonyl (C=O) groups excluding carboxylic acids is 3. The number of hydrogen-bond acceptors (Lipinski definition) is 9. The molecule has 4 aliphatic rings. The lowest BCUT2D eigenvalue weighted by Crippen LogP contribution is -2.70. The molecular weight excluding hydrogens is 641 g/mol. The molecule has 0 spiro atoms. The van der Waals surface area contributed by atoms with E-state index in [1.54, 1.807) is 20.8 Å². The molecule has 9 atom stereocenters. The van der Waals surface area contributed by atoms with E-state index in [2.05, 4.69) is 11.8 Å². The van der Waals surface area contributed by atoms with Crippen LogP contribution in [0.15, 0.2) is 47.0 Å². The van der Waals surface area contributed by atoms with Gasteiger partial charge in [0.05, 0.1) is 36.1 Å². The summed E-state index contributed by atoms with van der Waals surface area (Å²) in [6.45, 7) is 4.70. The van der Waals surface area contributed by atoms with Gasteiger partial charge in [0.15, 0.2) is 17.9 Å². The highest BCUT2D eigenvalue weighted by atomic mass is 35.5. The second-order valence-corrected chi connectivity index (χ2v) is 14.2. The molecule has 238 valence electrons. The smallest absolute Gasteiger partial charge is 0.375 e. The zero-order valence-corrected chi connectivity index (χ0v) is 26.5.